The highest BCUT2D eigenvalue weighted by molar-refractivity contribution is 14.0. The first kappa shape index (κ1) is 23.1. The lowest BCUT2D eigenvalue weighted by atomic mass is 10.1. The number of halogens is 1. The zero-order valence-electron chi connectivity index (χ0n) is 16.9. The van der Waals surface area contributed by atoms with Crippen LogP contribution in [-0.2, 0) is 19.6 Å². The van der Waals surface area contributed by atoms with Crippen molar-refractivity contribution in [2.24, 2.45) is 4.99 Å². The number of nitrogens with one attached hydrogen (secondary N) is 2. The van der Waals surface area contributed by atoms with Crippen molar-refractivity contribution in [3.8, 4) is 0 Å². The summed E-state index contributed by atoms with van der Waals surface area (Å²) in [5.41, 5.74) is 4.03. The molecule has 1 aliphatic rings. The number of aliphatic imine (C=N–C) groups is 1. The number of thiophene rings is 1. The molecule has 1 aromatic heterocycles. The smallest absolute Gasteiger partial charge is 0.191 e. The fourth-order valence-electron chi connectivity index (χ4n) is 3.37. The zero-order valence-corrected chi connectivity index (χ0v) is 20.0. The highest BCUT2D eigenvalue weighted by Crippen LogP contribution is 2.13. The Morgan fingerprint density at radius 2 is 1.68 bits per heavy atom. The number of likely N-dealkylation sites (N-methyl/N-ethyl adjacent to an activating group) is 1. The molecule has 1 fully saturated rings. The second-order valence-electron chi connectivity index (χ2n) is 6.89. The molecule has 3 rings (SSSR count). The van der Waals surface area contributed by atoms with Crippen LogP contribution in [0.15, 0.2) is 46.1 Å². The standard InChI is InChI=1S/C21H31N5S.HI/c1-3-25-9-11-26(12-10-25)16-20-7-5-4-6-19(20)15-24-21(22-2)23-14-18-8-13-27-17-18;/h4-8,13,17H,3,9-12,14-16H2,1-2H3,(H2,22,23,24);1H. The molecule has 0 saturated carbocycles. The van der Waals surface area contributed by atoms with E-state index in [0.717, 1.165) is 45.2 Å². The van der Waals surface area contributed by atoms with Crippen LogP contribution in [-0.4, -0.2) is 55.5 Å². The number of rotatable bonds is 7. The molecule has 0 amide bonds. The van der Waals surface area contributed by atoms with Crippen molar-refractivity contribution in [3.05, 3.63) is 57.8 Å². The lowest BCUT2D eigenvalue weighted by Crippen LogP contribution is -2.45. The normalized spacial score (nSPS) is 15.9. The van der Waals surface area contributed by atoms with Crippen molar-refractivity contribution in [3.63, 3.8) is 0 Å². The molecule has 28 heavy (non-hydrogen) atoms. The van der Waals surface area contributed by atoms with Gasteiger partial charge < -0.3 is 15.5 Å². The molecule has 2 aromatic rings. The van der Waals surface area contributed by atoms with Crippen LogP contribution in [0.4, 0.5) is 0 Å². The van der Waals surface area contributed by atoms with Crippen LogP contribution >= 0.6 is 35.3 Å². The number of hydrogen-bond donors (Lipinski definition) is 2. The van der Waals surface area contributed by atoms with Gasteiger partial charge in [0.25, 0.3) is 0 Å². The fraction of sp³-hybridized carbons (Fsp3) is 0.476. The van der Waals surface area contributed by atoms with Crippen molar-refractivity contribution < 1.29 is 0 Å². The minimum atomic E-state index is 0. The van der Waals surface area contributed by atoms with E-state index in [2.05, 4.69) is 73.4 Å². The van der Waals surface area contributed by atoms with Crippen molar-refractivity contribution >= 4 is 41.3 Å². The van der Waals surface area contributed by atoms with Gasteiger partial charge in [-0.05, 0) is 40.1 Å². The molecule has 1 aromatic carbocycles. The topological polar surface area (TPSA) is 42.9 Å². The maximum atomic E-state index is 4.35. The molecule has 5 nitrogen and oxygen atoms in total. The molecule has 0 unspecified atom stereocenters. The summed E-state index contributed by atoms with van der Waals surface area (Å²) in [5, 5.41) is 11.1. The number of hydrogen-bond acceptors (Lipinski definition) is 4. The number of benzene rings is 1. The summed E-state index contributed by atoms with van der Waals surface area (Å²) < 4.78 is 0. The Hall–Kier alpha value is -1.16. The molecule has 1 saturated heterocycles. The van der Waals surface area contributed by atoms with Crippen LogP contribution in [0.3, 0.4) is 0 Å². The molecular formula is C21H32IN5S. The van der Waals surface area contributed by atoms with E-state index in [1.54, 1.807) is 11.3 Å². The van der Waals surface area contributed by atoms with Crippen molar-refractivity contribution in [2.75, 3.05) is 39.8 Å². The van der Waals surface area contributed by atoms with Gasteiger partial charge in [-0.3, -0.25) is 9.89 Å². The lowest BCUT2D eigenvalue weighted by molar-refractivity contribution is 0.131. The third-order valence-corrected chi connectivity index (χ3v) is 5.87. The van der Waals surface area contributed by atoms with Gasteiger partial charge in [-0.15, -0.1) is 24.0 Å². The quantitative estimate of drug-likeness (QED) is 0.339. The molecule has 2 heterocycles. The van der Waals surface area contributed by atoms with Crippen molar-refractivity contribution in [1.82, 2.24) is 20.4 Å². The van der Waals surface area contributed by atoms with Gasteiger partial charge >= 0.3 is 0 Å². The third kappa shape index (κ3) is 7.02. The molecule has 1 aliphatic heterocycles. The average molecular weight is 513 g/mol. The Morgan fingerprint density at radius 1 is 1.00 bits per heavy atom. The van der Waals surface area contributed by atoms with Gasteiger partial charge in [0.15, 0.2) is 5.96 Å². The van der Waals surface area contributed by atoms with Crippen LogP contribution < -0.4 is 10.6 Å². The van der Waals surface area contributed by atoms with Crippen LogP contribution in [0.1, 0.15) is 23.6 Å². The van der Waals surface area contributed by atoms with Gasteiger partial charge in [-0.25, -0.2) is 0 Å². The van der Waals surface area contributed by atoms with E-state index < -0.39 is 0 Å². The number of nitrogens with zero attached hydrogens (tertiary/aromatic N) is 3. The largest absolute Gasteiger partial charge is 0.352 e. The molecule has 0 radical (unpaired) electrons. The van der Waals surface area contributed by atoms with Crippen LogP contribution in [0.5, 0.6) is 0 Å². The summed E-state index contributed by atoms with van der Waals surface area (Å²) in [7, 11) is 1.82. The lowest BCUT2D eigenvalue weighted by Gasteiger charge is -2.34. The maximum Gasteiger partial charge on any atom is 0.191 e. The van der Waals surface area contributed by atoms with Gasteiger partial charge in [0, 0.05) is 52.9 Å². The van der Waals surface area contributed by atoms with Crippen LogP contribution in [0.25, 0.3) is 0 Å². The summed E-state index contributed by atoms with van der Waals surface area (Å²) in [6.07, 6.45) is 0. The monoisotopic (exact) mass is 513 g/mol. The van der Waals surface area contributed by atoms with Gasteiger partial charge in [-0.2, -0.15) is 11.3 Å². The Kier molecular flexibility index (Phi) is 10.3. The van der Waals surface area contributed by atoms with E-state index in [0.29, 0.717) is 0 Å². The molecule has 0 spiro atoms. The second-order valence-corrected chi connectivity index (χ2v) is 7.67. The Bertz CT molecular complexity index is 711. The second kappa shape index (κ2) is 12.4. The summed E-state index contributed by atoms with van der Waals surface area (Å²) in [4.78, 5) is 9.43. The molecular weight excluding hydrogens is 481 g/mol. The van der Waals surface area contributed by atoms with Gasteiger partial charge in [-0.1, -0.05) is 31.2 Å². The summed E-state index contributed by atoms with van der Waals surface area (Å²) in [6, 6.07) is 10.9. The average Bonchev–Trinajstić information content (AvgIpc) is 3.23. The van der Waals surface area contributed by atoms with Crippen LogP contribution in [0.2, 0.25) is 0 Å². The van der Waals surface area contributed by atoms with Gasteiger partial charge in [0.1, 0.15) is 0 Å². The Labute approximate surface area is 190 Å². The molecule has 0 bridgehead atoms. The van der Waals surface area contributed by atoms with E-state index >= 15 is 0 Å². The van der Waals surface area contributed by atoms with Crippen molar-refractivity contribution in [1.29, 1.82) is 0 Å². The molecule has 0 aliphatic carbocycles. The van der Waals surface area contributed by atoms with E-state index in [-0.39, 0.29) is 24.0 Å². The maximum absolute atomic E-state index is 4.35. The molecule has 0 atom stereocenters. The predicted molar refractivity (Wildman–Crippen MR) is 131 cm³/mol. The molecule has 7 heteroatoms. The first-order valence-corrected chi connectivity index (χ1v) is 10.7. The van der Waals surface area contributed by atoms with Gasteiger partial charge in [0.05, 0.1) is 0 Å². The highest BCUT2D eigenvalue weighted by Gasteiger charge is 2.16. The minimum absolute atomic E-state index is 0. The zero-order chi connectivity index (χ0) is 18.9. The number of guanidine groups is 1. The van der Waals surface area contributed by atoms with E-state index in [4.69, 9.17) is 0 Å². The Balaban J connectivity index is 0.00000280. The SMILES string of the molecule is CCN1CCN(Cc2ccccc2CNC(=NC)NCc2ccsc2)CC1.I. The van der Waals surface area contributed by atoms with E-state index in [1.165, 1.54) is 29.8 Å². The van der Waals surface area contributed by atoms with Gasteiger partial charge in [0.2, 0.25) is 0 Å². The van der Waals surface area contributed by atoms with E-state index in [9.17, 15) is 0 Å². The molecule has 2 N–H and O–H groups in total. The summed E-state index contributed by atoms with van der Waals surface area (Å²) in [6.45, 7) is 10.7. The van der Waals surface area contributed by atoms with Crippen LogP contribution in [0, 0.1) is 0 Å². The number of piperazine rings is 1. The van der Waals surface area contributed by atoms with E-state index in [1.807, 2.05) is 7.05 Å². The highest BCUT2D eigenvalue weighted by atomic mass is 127. The fourth-order valence-corrected chi connectivity index (χ4v) is 4.04. The first-order valence-electron chi connectivity index (χ1n) is 9.75. The molecule has 154 valence electrons. The first-order chi connectivity index (χ1) is 13.3. The van der Waals surface area contributed by atoms with Crippen molar-refractivity contribution in [2.45, 2.75) is 26.6 Å². The predicted octanol–water partition coefficient (Wildman–Crippen LogP) is 3.37. The summed E-state index contributed by atoms with van der Waals surface area (Å²) in [5.74, 6) is 0.840. The summed E-state index contributed by atoms with van der Waals surface area (Å²) >= 11 is 1.72. The third-order valence-electron chi connectivity index (χ3n) is 5.13. The minimum Gasteiger partial charge on any atom is -0.352 e. The Morgan fingerprint density at radius 3 is 2.32 bits per heavy atom.